The molecule has 1 aromatic rings. The van der Waals surface area contributed by atoms with Crippen molar-refractivity contribution in [2.45, 2.75) is 45.9 Å². The molecule has 5 nitrogen and oxygen atoms in total. The van der Waals surface area contributed by atoms with Crippen molar-refractivity contribution >= 4 is 5.91 Å². The van der Waals surface area contributed by atoms with Crippen LogP contribution >= 0.6 is 0 Å². The van der Waals surface area contributed by atoms with Crippen molar-refractivity contribution < 1.29 is 14.3 Å². The fourth-order valence-electron chi connectivity index (χ4n) is 2.90. The van der Waals surface area contributed by atoms with Gasteiger partial charge in [0.15, 0.2) is 0 Å². The quantitative estimate of drug-likeness (QED) is 0.815. The Morgan fingerprint density at radius 3 is 2.74 bits per heavy atom. The molecule has 1 heterocycles. The third-order valence-corrected chi connectivity index (χ3v) is 4.03. The highest BCUT2D eigenvalue weighted by Crippen LogP contribution is 2.14. The van der Waals surface area contributed by atoms with Gasteiger partial charge in [-0.15, -0.1) is 0 Å². The molecule has 0 saturated carbocycles. The number of nitrogens with one attached hydrogen (secondary N) is 1. The second kappa shape index (κ2) is 8.31. The standard InChI is InChI=1S/C18H28N2O3/c1-13-6-5-7-17(10-13)22-9-8-19-18(21)16(4)20-11-14(2)23-15(3)12-20/h5-7,10,14-16H,8-9,11-12H2,1-4H3,(H,19,21)/t14-,15+,16-/m0/s1. The minimum Gasteiger partial charge on any atom is -0.492 e. The lowest BCUT2D eigenvalue weighted by Gasteiger charge is -2.38. The van der Waals surface area contributed by atoms with E-state index < -0.39 is 0 Å². The van der Waals surface area contributed by atoms with Crippen LogP contribution in [0.4, 0.5) is 0 Å². The predicted octanol–water partition coefficient (Wildman–Crippen LogP) is 1.99. The highest BCUT2D eigenvalue weighted by Gasteiger charge is 2.28. The lowest BCUT2D eigenvalue weighted by atomic mass is 10.1. The van der Waals surface area contributed by atoms with Crippen molar-refractivity contribution in [3.05, 3.63) is 29.8 Å². The van der Waals surface area contributed by atoms with E-state index in [-0.39, 0.29) is 24.2 Å². The van der Waals surface area contributed by atoms with Gasteiger partial charge in [0.05, 0.1) is 24.8 Å². The number of hydrogen-bond donors (Lipinski definition) is 1. The van der Waals surface area contributed by atoms with Gasteiger partial charge in [-0.1, -0.05) is 12.1 Å². The first-order chi connectivity index (χ1) is 11.0. The van der Waals surface area contributed by atoms with E-state index in [1.807, 2.05) is 52.0 Å². The molecule has 5 heteroatoms. The summed E-state index contributed by atoms with van der Waals surface area (Å²) in [7, 11) is 0. The van der Waals surface area contributed by atoms with E-state index in [1.165, 1.54) is 0 Å². The zero-order valence-electron chi connectivity index (χ0n) is 14.5. The highest BCUT2D eigenvalue weighted by atomic mass is 16.5. The Balaban J connectivity index is 1.71. The molecule has 1 N–H and O–H groups in total. The van der Waals surface area contributed by atoms with Gasteiger partial charge in [-0.3, -0.25) is 9.69 Å². The van der Waals surface area contributed by atoms with Crippen LogP contribution in [0.3, 0.4) is 0 Å². The van der Waals surface area contributed by atoms with Crippen LogP contribution in [0, 0.1) is 6.92 Å². The summed E-state index contributed by atoms with van der Waals surface area (Å²) in [4.78, 5) is 14.4. The van der Waals surface area contributed by atoms with Crippen LogP contribution in [0.1, 0.15) is 26.3 Å². The maximum Gasteiger partial charge on any atom is 0.237 e. The maximum atomic E-state index is 12.3. The van der Waals surface area contributed by atoms with E-state index in [2.05, 4.69) is 10.2 Å². The summed E-state index contributed by atoms with van der Waals surface area (Å²) < 4.78 is 11.4. The number of aryl methyl sites for hydroxylation is 1. The van der Waals surface area contributed by atoms with Gasteiger partial charge in [-0.05, 0) is 45.4 Å². The molecular formula is C18H28N2O3. The van der Waals surface area contributed by atoms with Gasteiger partial charge < -0.3 is 14.8 Å². The van der Waals surface area contributed by atoms with Crippen LogP contribution in [0.25, 0.3) is 0 Å². The van der Waals surface area contributed by atoms with Crippen LogP contribution in [0.2, 0.25) is 0 Å². The van der Waals surface area contributed by atoms with Gasteiger partial charge in [0.1, 0.15) is 12.4 Å². The Morgan fingerprint density at radius 2 is 2.09 bits per heavy atom. The minimum absolute atomic E-state index is 0.0409. The Hall–Kier alpha value is -1.59. The highest BCUT2D eigenvalue weighted by molar-refractivity contribution is 5.81. The summed E-state index contributed by atoms with van der Waals surface area (Å²) in [5.74, 6) is 0.877. The number of amides is 1. The molecule has 1 aliphatic rings. The van der Waals surface area contributed by atoms with Gasteiger partial charge in [-0.25, -0.2) is 0 Å². The first-order valence-electron chi connectivity index (χ1n) is 8.32. The van der Waals surface area contributed by atoms with Crippen molar-refractivity contribution in [3.63, 3.8) is 0 Å². The van der Waals surface area contributed by atoms with Crippen molar-refractivity contribution in [1.29, 1.82) is 0 Å². The van der Waals surface area contributed by atoms with E-state index in [0.717, 1.165) is 24.4 Å². The average molecular weight is 320 g/mol. The van der Waals surface area contributed by atoms with Crippen LogP contribution in [-0.2, 0) is 9.53 Å². The third kappa shape index (κ3) is 5.52. The lowest BCUT2D eigenvalue weighted by molar-refractivity contribution is -0.131. The molecular weight excluding hydrogens is 292 g/mol. The Kier molecular flexibility index (Phi) is 6.42. The van der Waals surface area contributed by atoms with Crippen LogP contribution in [0.5, 0.6) is 5.75 Å². The van der Waals surface area contributed by atoms with E-state index in [0.29, 0.717) is 13.2 Å². The fourth-order valence-corrected chi connectivity index (χ4v) is 2.90. The number of morpholine rings is 1. The molecule has 23 heavy (non-hydrogen) atoms. The molecule has 128 valence electrons. The zero-order chi connectivity index (χ0) is 16.8. The Bertz CT molecular complexity index is 511. The average Bonchev–Trinajstić information content (AvgIpc) is 2.49. The maximum absolute atomic E-state index is 12.3. The first kappa shape index (κ1) is 17.8. The number of carbonyl (C=O) groups is 1. The molecule has 2 rings (SSSR count). The molecule has 0 aromatic heterocycles. The number of ether oxygens (including phenoxy) is 2. The van der Waals surface area contributed by atoms with E-state index >= 15 is 0 Å². The molecule has 1 aliphatic heterocycles. The fraction of sp³-hybridized carbons (Fsp3) is 0.611. The minimum atomic E-state index is -0.150. The van der Waals surface area contributed by atoms with Crippen molar-refractivity contribution in [3.8, 4) is 5.75 Å². The normalized spacial score (nSPS) is 23.3. The number of carbonyl (C=O) groups excluding carboxylic acids is 1. The summed E-state index contributed by atoms with van der Waals surface area (Å²) in [5.41, 5.74) is 1.16. The first-order valence-corrected chi connectivity index (χ1v) is 8.32. The number of rotatable bonds is 6. The molecule has 0 unspecified atom stereocenters. The van der Waals surface area contributed by atoms with Gasteiger partial charge in [0.2, 0.25) is 5.91 Å². The summed E-state index contributed by atoms with van der Waals surface area (Å²) >= 11 is 0. The second-order valence-electron chi connectivity index (χ2n) is 6.34. The topological polar surface area (TPSA) is 50.8 Å². The monoisotopic (exact) mass is 320 g/mol. The number of nitrogens with zero attached hydrogens (tertiary/aromatic N) is 1. The number of hydrogen-bond acceptors (Lipinski definition) is 4. The van der Waals surface area contributed by atoms with Crippen LogP contribution < -0.4 is 10.1 Å². The molecule has 0 aliphatic carbocycles. The Morgan fingerprint density at radius 1 is 1.39 bits per heavy atom. The molecule has 1 aromatic carbocycles. The molecule has 0 spiro atoms. The molecule has 1 fully saturated rings. The SMILES string of the molecule is Cc1cccc(OCCNC(=O)[C@H](C)N2C[C@@H](C)O[C@@H](C)C2)c1. The number of benzene rings is 1. The molecule has 1 amide bonds. The second-order valence-corrected chi connectivity index (χ2v) is 6.34. The molecule has 3 atom stereocenters. The summed E-state index contributed by atoms with van der Waals surface area (Å²) in [6.45, 7) is 10.6. The van der Waals surface area contributed by atoms with Gasteiger partial charge >= 0.3 is 0 Å². The van der Waals surface area contributed by atoms with Crippen molar-refractivity contribution in [2.75, 3.05) is 26.2 Å². The summed E-state index contributed by atoms with van der Waals surface area (Å²) in [6, 6.07) is 7.75. The van der Waals surface area contributed by atoms with Gasteiger partial charge in [0.25, 0.3) is 0 Å². The Labute approximate surface area is 139 Å². The van der Waals surface area contributed by atoms with Crippen LogP contribution in [0.15, 0.2) is 24.3 Å². The largest absolute Gasteiger partial charge is 0.492 e. The zero-order valence-corrected chi connectivity index (χ0v) is 14.5. The summed E-state index contributed by atoms with van der Waals surface area (Å²) in [6.07, 6.45) is 0.331. The van der Waals surface area contributed by atoms with Gasteiger partial charge in [-0.2, -0.15) is 0 Å². The van der Waals surface area contributed by atoms with Crippen LogP contribution in [-0.4, -0.2) is 55.3 Å². The lowest BCUT2D eigenvalue weighted by Crippen LogP contribution is -2.54. The van der Waals surface area contributed by atoms with E-state index in [9.17, 15) is 4.79 Å². The molecule has 0 bridgehead atoms. The summed E-state index contributed by atoms with van der Waals surface area (Å²) in [5, 5.41) is 2.95. The smallest absolute Gasteiger partial charge is 0.237 e. The molecule has 1 saturated heterocycles. The predicted molar refractivity (Wildman–Crippen MR) is 90.7 cm³/mol. The third-order valence-electron chi connectivity index (χ3n) is 4.03. The van der Waals surface area contributed by atoms with E-state index in [1.54, 1.807) is 0 Å². The van der Waals surface area contributed by atoms with Crippen molar-refractivity contribution in [1.82, 2.24) is 10.2 Å². The van der Waals surface area contributed by atoms with Gasteiger partial charge in [0, 0.05) is 13.1 Å². The van der Waals surface area contributed by atoms with E-state index in [4.69, 9.17) is 9.47 Å². The van der Waals surface area contributed by atoms with Crippen molar-refractivity contribution in [2.24, 2.45) is 0 Å². The molecule has 0 radical (unpaired) electrons.